The van der Waals surface area contributed by atoms with Crippen LogP contribution in [0.3, 0.4) is 0 Å². The second-order valence-corrected chi connectivity index (χ2v) is 5.62. The van der Waals surface area contributed by atoms with Gasteiger partial charge in [0.25, 0.3) is 0 Å². The van der Waals surface area contributed by atoms with Gasteiger partial charge in [0, 0.05) is 21.4 Å². The largest absolute Gasteiger partial charge is 0.389 e. The number of hydrogen-bond acceptors (Lipinski definition) is 3. The number of aromatic nitrogens is 1. The molecular formula is C14H14BrN3S. The lowest BCUT2D eigenvalue weighted by atomic mass is 10.1. The van der Waals surface area contributed by atoms with E-state index in [1.165, 1.54) is 0 Å². The number of nitrogens with one attached hydrogen (secondary N) is 1. The first kappa shape index (κ1) is 14.0. The van der Waals surface area contributed by atoms with Crippen LogP contribution in [0.4, 0.5) is 11.4 Å². The van der Waals surface area contributed by atoms with Crippen LogP contribution in [0.25, 0.3) is 0 Å². The third-order valence-corrected chi connectivity index (χ3v) is 3.45. The number of thiocarbonyl (C=S) groups is 1. The van der Waals surface area contributed by atoms with Gasteiger partial charge in [0.1, 0.15) is 4.99 Å². The summed E-state index contributed by atoms with van der Waals surface area (Å²) >= 11 is 8.50. The number of halogens is 1. The number of pyridine rings is 1. The maximum atomic E-state index is 5.75. The van der Waals surface area contributed by atoms with Gasteiger partial charge in [-0.25, -0.2) is 0 Å². The zero-order valence-electron chi connectivity index (χ0n) is 10.7. The monoisotopic (exact) mass is 335 g/mol. The molecular weight excluding hydrogens is 322 g/mol. The van der Waals surface area contributed by atoms with Gasteiger partial charge in [0.05, 0.1) is 11.4 Å². The van der Waals surface area contributed by atoms with Crippen LogP contribution < -0.4 is 11.1 Å². The summed E-state index contributed by atoms with van der Waals surface area (Å²) in [5.41, 5.74) is 10.3. The van der Waals surface area contributed by atoms with E-state index < -0.39 is 0 Å². The summed E-state index contributed by atoms with van der Waals surface area (Å²) < 4.78 is 0.944. The van der Waals surface area contributed by atoms with E-state index in [1.807, 2.05) is 44.2 Å². The molecule has 0 radical (unpaired) electrons. The minimum absolute atomic E-state index is 0.363. The van der Waals surface area contributed by atoms with Crippen LogP contribution >= 0.6 is 28.1 Å². The molecule has 0 unspecified atom stereocenters. The third-order valence-electron chi connectivity index (χ3n) is 2.74. The Balaban J connectivity index is 2.40. The van der Waals surface area contributed by atoms with E-state index in [0.29, 0.717) is 4.99 Å². The zero-order valence-corrected chi connectivity index (χ0v) is 13.1. The topological polar surface area (TPSA) is 50.9 Å². The minimum Gasteiger partial charge on any atom is -0.389 e. The fourth-order valence-corrected chi connectivity index (χ4v) is 2.32. The molecule has 2 rings (SSSR count). The van der Waals surface area contributed by atoms with Gasteiger partial charge in [-0.15, -0.1) is 0 Å². The van der Waals surface area contributed by atoms with Crippen molar-refractivity contribution >= 4 is 44.5 Å². The molecule has 0 fully saturated rings. The lowest BCUT2D eigenvalue weighted by Crippen LogP contribution is -2.12. The fourth-order valence-electron chi connectivity index (χ4n) is 1.79. The van der Waals surface area contributed by atoms with Gasteiger partial charge >= 0.3 is 0 Å². The second kappa shape index (κ2) is 5.67. The molecule has 5 heteroatoms. The maximum absolute atomic E-state index is 5.75. The zero-order chi connectivity index (χ0) is 14.0. The number of nitrogens with zero attached hydrogens (tertiary/aromatic N) is 1. The number of hydrogen-bond donors (Lipinski definition) is 2. The Morgan fingerprint density at radius 1 is 1.21 bits per heavy atom. The van der Waals surface area contributed by atoms with E-state index in [0.717, 1.165) is 32.8 Å². The van der Waals surface area contributed by atoms with E-state index in [1.54, 1.807) is 0 Å². The highest BCUT2D eigenvalue weighted by Gasteiger charge is 2.08. The van der Waals surface area contributed by atoms with Crippen molar-refractivity contribution in [2.24, 2.45) is 5.73 Å². The predicted octanol–water partition coefficient (Wildman–Crippen LogP) is 3.84. The van der Waals surface area contributed by atoms with Gasteiger partial charge in [0.15, 0.2) is 0 Å². The highest BCUT2D eigenvalue weighted by molar-refractivity contribution is 9.10. The Labute approximate surface area is 126 Å². The van der Waals surface area contributed by atoms with Crippen molar-refractivity contribution in [1.29, 1.82) is 0 Å². The van der Waals surface area contributed by atoms with Crippen molar-refractivity contribution in [2.75, 3.05) is 5.32 Å². The molecule has 1 aromatic carbocycles. The number of nitrogens with two attached hydrogens (primary N) is 1. The molecule has 98 valence electrons. The van der Waals surface area contributed by atoms with E-state index in [-0.39, 0.29) is 0 Å². The predicted molar refractivity (Wildman–Crippen MR) is 87.0 cm³/mol. The second-order valence-electron chi connectivity index (χ2n) is 4.26. The first-order valence-electron chi connectivity index (χ1n) is 5.78. The molecule has 1 aromatic heterocycles. The maximum Gasteiger partial charge on any atom is 0.106 e. The average molecular weight is 336 g/mol. The first-order chi connectivity index (χ1) is 8.97. The van der Waals surface area contributed by atoms with Crippen LogP contribution in [-0.2, 0) is 0 Å². The van der Waals surface area contributed by atoms with Crippen LogP contribution in [0.5, 0.6) is 0 Å². The minimum atomic E-state index is 0.363. The molecule has 0 aliphatic rings. The SMILES string of the molecule is Cc1ccc(Nc2ccc(Br)cc2C(N)=S)c(C)n1. The summed E-state index contributed by atoms with van der Waals surface area (Å²) in [4.78, 5) is 4.79. The molecule has 0 bridgehead atoms. The lowest BCUT2D eigenvalue weighted by molar-refractivity contribution is 1.12. The quantitative estimate of drug-likeness (QED) is 0.836. The van der Waals surface area contributed by atoms with Crippen LogP contribution in [0.1, 0.15) is 17.0 Å². The molecule has 3 nitrogen and oxygen atoms in total. The Hall–Kier alpha value is -1.46. The van der Waals surface area contributed by atoms with Gasteiger partial charge in [-0.05, 0) is 44.2 Å². The van der Waals surface area contributed by atoms with E-state index in [9.17, 15) is 0 Å². The number of benzene rings is 1. The Bertz CT molecular complexity index is 641. The molecule has 0 saturated heterocycles. The molecule has 19 heavy (non-hydrogen) atoms. The van der Waals surface area contributed by atoms with Crippen LogP contribution in [0.15, 0.2) is 34.8 Å². The van der Waals surface area contributed by atoms with Crippen molar-refractivity contribution in [3.05, 3.63) is 51.8 Å². The smallest absolute Gasteiger partial charge is 0.106 e. The molecule has 0 aliphatic heterocycles. The molecule has 0 amide bonds. The Kier molecular flexibility index (Phi) is 4.17. The van der Waals surface area contributed by atoms with E-state index in [4.69, 9.17) is 18.0 Å². The fraction of sp³-hybridized carbons (Fsp3) is 0.143. The standard InChI is InChI=1S/C14H14BrN3S/c1-8-3-5-12(9(2)17-8)18-13-6-4-10(15)7-11(13)14(16)19/h3-7,18H,1-2H3,(H2,16,19). The average Bonchev–Trinajstić information content (AvgIpc) is 2.34. The molecule has 0 atom stereocenters. The Morgan fingerprint density at radius 2 is 1.89 bits per heavy atom. The normalized spacial score (nSPS) is 10.3. The van der Waals surface area contributed by atoms with Crippen LogP contribution in [0.2, 0.25) is 0 Å². The first-order valence-corrected chi connectivity index (χ1v) is 6.98. The van der Waals surface area contributed by atoms with Crippen molar-refractivity contribution in [2.45, 2.75) is 13.8 Å². The summed E-state index contributed by atoms with van der Waals surface area (Å²) in [6, 6.07) is 9.76. The van der Waals surface area contributed by atoms with Gasteiger partial charge in [0.2, 0.25) is 0 Å². The van der Waals surface area contributed by atoms with Gasteiger partial charge in [-0.1, -0.05) is 28.1 Å². The third kappa shape index (κ3) is 3.30. The number of anilines is 2. The number of rotatable bonds is 3. The van der Waals surface area contributed by atoms with Gasteiger partial charge in [-0.2, -0.15) is 0 Å². The van der Waals surface area contributed by atoms with Crippen molar-refractivity contribution < 1.29 is 0 Å². The van der Waals surface area contributed by atoms with Crippen LogP contribution in [0, 0.1) is 13.8 Å². The summed E-state index contributed by atoms with van der Waals surface area (Å²) in [5, 5.41) is 3.33. The van der Waals surface area contributed by atoms with E-state index >= 15 is 0 Å². The molecule has 1 heterocycles. The highest BCUT2D eigenvalue weighted by atomic mass is 79.9. The van der Waals surface area contributed by atoms with Crippen molar-refractivity contribution in [3.63, 3.8) is 0 Å². The molecule has 2 aromatic rings. The summed E-state index contributed by atoms with van der Waals surface area (Å²) in [5.74, 6) is 0. The summed E-state index contributed by atoms with van der Waals surface area (Å²) in [7, 11) is 0. The van der Waals surface area contributed by atoms with E-state index in [2.05, 4.69) is 26.2 Å². The van der Waals surface area contributed by atoms with Gasteiger partial charge < -0.3 is 11.1 Å². The number of aryl methyl sites for hydroxylation is 2. The molecule has 0 saturated carbocycles. The summed E-state index contributed by atoms with van der Waals surface area (Å²) in [6.07, 6.45) is 0. The molecule has 0 aliphatic carbocycles. The van der Waals surface area contributed by atoms with Crippen LogP contribution in [-0.4, -0.2) is 9.97 Å². The summed E-state index contributed by atoms with van der Waals surface area (Å²) in [6.45, 7) is 3.94. The lowest BCUT2D eigenvalue weighted by Gasteiger charge is -2.13. The molecule has 3 N–H and O–H groups in total. The Morgan fingerprint density at radius 3 is 2.53 bits per heavy atom. The molecule has 0 spiro atoms. The van der Waals surface area contributed by atoms with Gasteiger partial charge in [-0.3, -0.25) is 4.98 Å². The van der Waals surface area contributed by atoms with Crippen molar-refractivity contribution in [3.8, 4) is 0 Å². The van der Waals surface area contributed by atoms with Crippen molar-refractivity contribution in [1.82, 2.24) is 4.98 Å². The highest BCUT2D eigenvalue weighted by Crippen LogP contribution is 2.25.